The summed E-state index contributed by atoms with van der Waals surface area (Å²) >= 11 is 0. The highest BCUT2D eigenvalue weighted by Gasteiger charge is 2.20. The fourth-order valence-corrected chi connectivity index (χ4v) is 2.04. The van der Waals surface area contributed by atoms with Crippen LogP contribution < -0.4 is 5.32 Å². The molecule has 0 aliphatic rings. The van der Waals surface area contributed by atoms with Crippen LogP contribution in [0, 0.1) is 0 Å². The predicted octanol–water partition coefficient (Wildman–Crippen LogP) is 2.72. The van der Waals surface area contributed by atoms with Crippen LogP contribution in [0.15, 0.2) is 43.0 Å². The van der Waals surface area contributed by atoms with E-state index in [4.69, 9.17) is 5.11 Å². The number of rotatable bonds is 8. The number of amides is 1. The highest BCUT2D eigenvalue weighted by Crippen LogP contribution is 2.20. The molecule has 2 unspecified atom stereocenters. The molecule has 1 amide bonds. The van der Waals surface area contributed by atoms with Crippen LogP contribution in [-0.2, 0) is 9.59 Å². The van der Waals surface area contributed by atoms with E-state index < -0.39 is 12.0 Å². The monoisotopic (exact) mass is 275 g/mol. The number of hydrogen-bond acceptors (Lipinski definition) is 2. The summed E-state index contributed by atoms with van der Waals surface area (Å²) in [7, 11) is 0. The normalized spacial score (nSPS) is 13.2. The van der Waals surface area contributed by atoms with Crippen molar-refractivity contribution >= 4 is 11.9 Å². The molecule has 2 atom stereocenters. The Hall–Kier alpha value is -2.10. The fraction of sp³-hybridized carbons (Fsp3) is 0.375. The van der Waals surface area contributed by atoms with E-state index in [0.29, 0.717) is 12.8 Å². The van der Waals surface area contributed by atoms with Crippen molar-refractivity contribution in [1.29, 1.82) is 0 Å². The molecule has 0 fully saturated rings. The smallest absolute Gasteiger partial charge is 0.326 e. The summed E-state index contributed by atoms with van der Waals surface area (Å²) in [6.45, 7) is 5.63. The maximum Gasteiger partial charge on any atom is 0.326 e. The van der Waals surface area contributed by atoms with Gasteiger partial charge in [-0.05, 0) is 12.0 Å². The van der Waals surface area contributed by atoms with Gasteiger partial charge in [0.15, 0.2) is 0 Å². The third-order valence-electron chi connectivity index (χ3n) is 3.13. The lowest BCUT2D eigenvalue weighted by atomic mass is 9.95. The minimum Gasteiger partial charge on any atom is -0.480 e. The molecule has 1 aromatic rings. The zero-order valence-corrected chi connectivity index (χ0v) is 11.7. The predicted molar refractivity (Wildman–Crippen MR) is 78.5 cm³/mol. The van der Waals surface area contributed by atoms with Gasteiger partial charge in [0, 0.05) is 12.3 Å². The largest absolute Gasteiger partial charge is 0.480 e. The number of nitrogens with one attached hydrogen (secondary N) is 1. The van der Waals surface area contributed by atoms with Gasteiger partial charge in [-0.1, -0.05) is 49.8 Å². The van der Waals surface area contributed by atoms with Crippen molar-refractivity contribution < 1.29 is 14.7 Å². The molecule has 1 aromatic carbocycles. The van der Waals surface area contributed by atoms with Gasteiger partial charge in [0.1, 0.15) is 6.04 Å². The van der Waals surface area contributed by atoms with Gasteiger partial charge in [0.25, 0.3) is 0 Å². The first-order valence-electron chi connectivity index (χ1n) is 6.78. The van der Waals surface area contributed by atoms with Crippen LogP contribution in [0.4, 0.5) is 0 Å². The number of allylic oxidation sites excluding steroid dienone is 1. The van der Waals surface area contributed by atoms with Gasteiger partial charge < -0.3 is 10.4 Å². The number of carboxylic acid groups (broad SMARTS) is 1. The first-order chi connectivity index (χ1) is 9.58. The molecule has 4 nitrogen and oxygen atoms in total. The molecule has 0 aliphatic carbocycles. The molecular weight excluding hydrogens is 254 g/mol. The molecule has 0 aliphatic heterocycles. The van der Waals surface area contributed by atoms with Gasteiger partial charge in [-0.2, -0.15) is 0 Å². The SMILES string of the molecule is C=CC(CC(=O)NC(CCC)C(=O)O)c1ccccc1. The van der Waals surface area contributed by atoms with Gasteiger partial charge in [-0.15, -0.1) is 6.58 Å². The van der Waals surface area contributed by atoms with Crippen molar-refractivity contribution in [2.24, 2.45) is 0 Å². The second-order valence-corrected chi connectivity index (χ2v) is 4.70. The van der Waals surface area contributed by atoms with E-state index in [0.717, 1.165) is 5.56 Å². The van der Waals surface area contributed by atoms with Gasteiger partial charge >= 0.3 is 5.97 Å². The minimum atomic E-state index is -0.991. The Bertz CT molecular complexity index is 456. The van der Waals surface area contributed by atoms with Crippen LogP contribution >= 0.6 is 0 Å². The van der Waals surface area contributed by atoms with E-state index in [1.54, 1.807) is 6.08 Å². The average Bonchev–Trinajstić information content (AvgIpc) is 2.45. The standard InChI is InChI=1S/C16H21NO3/c1-3-8-14(16(19)20)17-15(18)11-12(4-2)13-9-6-5-7-10-13/h4-7,9-10,12,14H,2-3,8,11H2,1H3,(H,17,18)(H,19,20). The zero-order chi connectivity index (χ0) is 15.0. The molecule has 4 heteroatoms. The van der Waals surface area contributed by atoms with Crippen LogP contribution in [-0.4, -0.2) is 23.0 Å². The van der Waals surface area contributed by atoms with E-state index >= 15 is 0 Å². The molecule has 0 bridgehead atoms. The third-order valence-corrected chi connectivity index (χ3v) is 3.13. The quantitative estimate of drug-likeness (QED) is 0.717. The lowest BCUT2D eigenvalue weighted by Gasteiger charge is -2.16. The molecular formula is C16H21NO3. The lowest BCUT2D eigenvalue weighted by Crippen LogP contribution is -2.41. The van der Waals surface area contributed by atoms with Crippen molar-refractivity contribution in [3.05, 3.63) is 48.6 Å². The first kappa shape index (κ1) is 16.0. The van der Waals surface area contributed by atoms with Crippen LogP contribution in [0.5, 0.6) is 0 Å². The van der Waals surface area contributed by atoms with Gasteiger partial charge in [0.05, 0.1) is 0 Å². The summed E-state index contributed by atoms with van der Waals surface area (Å²) in [5.74, 6) is -1.36. The Balaban J connectivity index is 2.64. The number of carbonyl (C=O) groups excluding carboxylic acids is 1. The van der Waals surface area contributed by atoms with Crippen LogP contribution in [0.2, 0.25) is 0 Å². The number of hydrogen-bond donors (Lipinski definition) is 2. The molecule has 20 heavy (non-hydrogen) atoms. The highest BCUT2D eigenvalue weighted by atomic mass is 16.4. The number of carboxylic acids is 1. The molecule has 2 N–H and O–H groups in total. The highest BCUT2D eigenvalue weighted by molar-refractivity contribution is 5.84. The van der Waals surface area contributed by atoms with Crippen molar-refractivity contribution in [2.75, 3.05) is 0 Å². The summed E-state index contributed by atoms with van der Waals surface area (Å²) in [4.78, 5) is 23.0. The molecule has 0 heterocycles. The molecule has 108 valence electrons. The topological polar surface area (TPSA) is 66.4 Å². The Morgan fingerprint density at radius 1 is 1.35 bits per heavy atom. The number of benzene rings is 1. The lowest BCUT2D eigenvalue weighted by molar-refractivity contribution is -0.142. The Labute approximate surface area is 119 Å². The Morgan fingerprint density at radius 3 is 2.50 bits per heavy atom. The van der Waals surface area contributed by atoms with Crippen molar-refractivity contribution in [3.8, 4) is 0 Å². The maximum absolute atomic E-state index is 12.0. The average molecular weight is 275 g/mol. The summed E-state index contributed by atoms with van der Waals surface area (Å²) in [6.07, 6.45) is 3.07. The molecule has 0 saturated heterocycles. The molecule has 0 radical (unpaired) electrons. The second kappa shape index (κ2) is 8.15. The van der Waals surface area contributed by atoms with Crippen molar-refractivity contribution in [1.82, 2.24) is 5.32 Å². The van der Waals surface area contributed by atoms with E-state index in [1.807, 2.05) is 37.3 Å². The van der Waals surface area contributed by atoms with Gasteiger partial charge in [-0.25, -0.2) is 4.79 Å². The summed E-state index contributed by atoms with van der Waals surface area (Å²) < 4.78 is 0. The van der Waals surface area contributed by atoms with Crippen LogP contribution in [0.1, 0.15) is 37.7 Å². The Kier molecular flexibility index (Phi) is 6.50. The third kappa shape index (κ3) is 4.88. The van der Waals surface area contributed by atoms with E-state index in [9.17, 15) is 9.59 Å². The molecule has 0 spiro atoms. The summed E-state index contributed by atoms with van der Waals surface area (Å²) in [6, 6.07) is 8.77. The van der Waals surface area contributed by atoms with Crippen molar-refractivity contribution in [2.45, 2.75) is 38.1 Å². The van der Waals surface area contributed by atoms with Crippen LogP contribution in [0.25, 0.3) is 0 Å². The van der Waals surface area contributed by atoms with E-state index in [-0.39, 0.29) is 18.2 Å². The maximum atomic E-state index is 12.0. The zero-order valence-electron chi connectivity index (χ0n) is 11.7. The van der Waals surface area contributed by atoms with Crippen molar-refractivity contribution in [3.63, 3.8) is 0 Å². The summed E-state index contributed by atoms with van der Waals surface area (Å²) in [5.41, 5.74) is 1.00. The summed E-state index contributed by atoms with van der Waals surface area (Å²) in [5, 5.41) is 11.6. The van der Waals surface area contributed by atoms with Crippen LogP contribution in [0.3, 0.4) is 0 Å². The number of aliphatic carboxylic acids is 1. The number of carbonyl (C=O) groups is 2. The Morgan fingerprint density at radius 2 is 2.00 bits per heavy atom. The van der Waals surface area contributed by atoms with Gasteiger partial charge in [0.2, 0.25) is 5.91 Å². The fourth-order valence-electron chi connectivity index (χ4n) is 2.04. The van der Waals surface area contributed by atoms with E-state index in [1.165, 1.54) is 0 Å². The second-order valence-electron chi connectivity index (χ2n) is 4.70. The molecule has 1 rings (SSSR count). The molecule has 0 saturated carbocycles. The minimum absolute atomic E-state index is 0.104. The first-order valence-corrected chi connectivity index (χ1v) is 6.78. The van der Waals surface area contributed by atoms with Gasteiger partial charge in [-0.3, -0.25) is 4.79 Å². The molecule has 0 aromatic heterocycles. The van der Waals surface area contributed by atoms with E-state index in [2.05, 4.69) is 11.9 Å².